The second kappa shape index (κ2) is 5.75. The van der Waals surface area contributed by atoms with Crippen LogP contribution in [0.15, 0.2) is 23.8 Å². The number of rotatable bonds is 3. The Bertz CT molecular complexity index is 554. The molecule has 1 aliphatic heterocycles. The Hall–Kier alpha value is -2.01. The summed E-state index contributed by atoms with van der Waals surface area (Å²) in [4.78, 5) is 22.7. The fourth-order valence-electron chi connectivity index (χ4n) is 1.56. The van der Waals surface area contributed by atoms with E-state index in [-0.39, 0.29) is 19.1 Å². The Morgan fingerprint density at radius 1 is 1.47 bits per heavy atom. The van der Waals surface area contributed by atoms with Gasteiger partial charge in [0, 0.05) is 17.6 Å². The van der Waals surface area contributed by atoms with E-state index < -0.39 is 5.97 Å². The van der Waals surface area contributed by atoms with Crippen LogP contribution in [0.5, 0.6) is 5.75 Å². The third kappa shape index (κ3) is 3.26. The van der Waals surface area contributed by atoms with Crippen molar-refractivity contribution < 1.29 is 19.1 Å². The number of benzene rings is 1. The van der Waals surface area contributed by atoms with Crippen LogP contribution >= 0.6 is 11.6 Å². The van der Waals surface area contributed by atoms with Crippen LogP contribution in [-0.2, 0) is 14.3 Å². The number of esters is 1. The monoisotopic (exact) mass is 281 g/mol. The van der Waals surface area contributed by atoms with Gasteiger partial charge in [-0.3, -0.25) is 4.79 Å². The first-order valence-corrected chi connectivity index (χ1v) is 5.98. The van der Waals surface area contributed by atoms with Crippen LogP contribution in [0, 0.1) is 0 Å². The molecule has 5 nitrogen and oxygen atoms in total. The summed E-state index contributed by atoms with van der Waals surface area (Å²) in [5, 5.41) is 2.92. The van der Waals surface area contributed by atoms with Gasteiger partial charge >= 0.3 is 5.97 Å². The number of nitrogens with one attached hydrogen (secondary N) is 1. The van der Waals surface area contributed by atoms with Crippen molar-refractivity contribution in [2.75, 3.05) is 20.3 Å². The van der Waals surface area contributed by atoms with Gasteiger partial charge in [-0.15, -0.1) is 0 Å². The van der Waals surface area contributed by atoms with Crippen LogP contribution in [0.1, 0.15) is 5.56 Å². The summed E-state index contributed by atoms with van der Waals surface area (Å²) < 4.78 is 10.3. The van der Waals surface area contributed by atoms with Crippen LogP contribution in [0.4, 0.5) is 0 Å². The van der Waals surface area contributed by atoms with Gasteiger partial charge in [0.25, 0.3) is 5.91 Å². The lowest BCUT2D eigenvalue weighted by Crippen LogP contribution is -2.26. The Morgan fingerprint density at radius 2 is 2.26 bits per heavy atom. The number of hydrogen-bond acceptors (Lipinski definition) is 4. The molecule has 0 bridgehead atoms. The van der Waals surface area contributed by atoms with Gasteiger partial charge in [0.15, 0.2) is 6.61 Å². The summed E-state index contributed by atoms with van der Waals surface area (Å²) in [6.07, 6.45) is 1.65. The lowest BCUT2D eigenvalue weighted by atomic mass is 10.1. The van der Waals surface area contributed by atoms with Gasteiger partial charge in [0.1, 0.15) is 12.4 Å². The van der Waals surface area contributed by atoms with Crippen molar-refractivity contribution in [3.8, 4) is 5.75 Å². The molecule has 1 aromatic carbocycles. The van der Waals surface area contributed by atoms with Crippen LogP contribution in [0.3, 0.4) is 0 Å². The second-order valence-corrected chi connectivity index (χ2v) is 4.33. The zero-order valence-corrected chi connectivity index (χ0v) is 11.0. The highest BCUT2D eigenvalue weighted by Crippen LogP contribution is 2.29. The summed E-state index contributed by atoms with van der Waals surface area (Å²) in [5.74, 6) is -0.282. The first-order chi connectivity index (χ1) is 9.10. The third-order valence-electron chi connectivity index (χ3n) is 2.56. The molecule has 0 saturated carbocycles. The number of amides is 1. The number of carbonyl (C=O) groups is 2. The molecule has 1 amide bonds. The largest absolute Gasteiger partial charge is 0.488 e. The molecule has 0 spiro atoms. The quantitative estimate of drug-likeness (QED) is 0.851. The summed E-state index contributed by atoms with van der Waals surface area (Å²) in [7, 11) is 1.47. The molecule has 0 aromatic heterocycles. The van der Waals surface area contributed by atoms with Crippen molar-refractivity contribution in [2.24, 2.45) is 0 Å². The number of ether oxygens (including phenoxy) is 2. The predicted molar refractivity (Wildman–Crippen MR) is 69.9 cm³/mol. The Morgan fingerprint density at radius 3 is 3.00 bits per heavy atom. The molecule has 100 valence electrons. The lowest BCUT2D eigenvalue weighted by molar-refractivity contribution is -0.144. The number of carbonyl (C=O) groups excluding carboxylic acids is 2. The molecule has 2 rings (SSSR count). The van der Waals surface area contributed by atoms with E-state index in [4.69, 9.17) is 21.1 Å². The van der Waals surface area contributed by atoms with Gasteiger partial charge < -0.3 is 14.8 Å². The fourth-order valence-corrected chi connectivity index (χ4v) is 1.74. The summed E-state index contributed by atoms with van der Waals surface area (Å²) in [5.41, 5.74) is 1.06. The molecule has 1 N–H and O–H groups in total. The van der Waals surface area contributed by atoms with Gasteiger partial charge in [-0.2, -0.15) is 0 Å². The van der Waals surface area contributed by atoms with Gasteiger partial charge in [-0.1, -0.05) is 11.6 Å². The SMILES string of the molecule is CNC(=O)COC(=O)C1=Cc2cc(Cl)ccc2OC1. The molecule has 0 radical (unpaired) electrons. The van der Waals surface area contributed by atoms with Crippen LogP contribution in [0.2, 0.25) is 5.02 Å². The third-order valence-corrected chi connectivity index (χ3v) is 2.80. The number of hydrogen-bond donors (Lipinski definition) is 1. The predicted octanol–water partition coefficient (Wildman–Crippen LogP) is 1.40. The van der Waals surface area contributed by atoms with Crippen molar-refractivity contribution in [3.63, 3.8) is 0 Å². The molecule has 0 fully saturated rings. The number of fused-ring (bicyclic) bond motifs is 1. The Labute approximate surface area is 115 Å². The average molecular weight is 282 g/mol. The van der Waals surface area contributed by atoms with Crippen LogP contribution in [-0.4, -0.2) is 32.1 Å². The maximum absolute atomic E-state index is 11.7. The number of halogens is 1. The van der Waals surface area contributed by atoms with Gasteiger partial charge in [0.05, 0.1) is 5.57 Å². The summed E-state index contributed by atoms with van der Waals surface area (Å²) in [6, 6.07) is 5.14. The van der Waals surface area contributed by atoms with E-state index in [9.17, 15) is 9.59 Å². The van der Waals surface area contributed by atoms with Gasteiger partial charge in [-0.25, -0.2) is 4.79 Å². The second-order valence-electron chi connectivity index (χ2n) is 3.89. The molecule has 1 heterocycles. The standard InChI is InChI=1S/C13H12ClNO4/c1-15-12(16)7-19-13(17)9-4-8-5-10(14)2-3-11(8)18-6-9/h2-5H,6-7H2,1H3,(H,15,16). The van der Waals surface area contributed by atoms with Crippen molar-refractivity contribution >= 4 is 29.6 Å². The maximum Gasteiger partial charge on any atom is 0.338 e. The zero-order valence-electron chi connectivity index (χ0n) is 10.2. The first-order valence-electron chi connectivity index (χ1n) is 5.61. The van der Waals surface area contributed by atoms with E-state index >= 15 is 0 Å². The molecule has 0 aliphatic carbocycles. The summed E-state index contributed by atoms with van der Waals surface area (Å²) in [6.45, 7) is -0.198. The molecule has 0 unspecified atom stereocenters. The van der Waals surface area contributed by atoms with Crippen molar-refractivity contribution in [2.45, 2.75) is 0 Å². The van der Waals surface area contributed by atoms with Crippen molar-refractivity contribution in [3.05, 3.63) is 34.4 Å². The maximum atomic E-state index is 11.7. The topological polar surface area (TPSA) is 64.6 Å². The van der Waals surface area contributed by atoms with Crippen molar-refractivity contribution in [1.82, 2.24) is 5.32 Å². The lowest BCUT2D eigenvalue weighted by Gasteiger charge is -2.17. The molecule has 6 heteroatoms. The van der Waals surface area contributed by atoms with E-state index in [1.807, 2.05) is 0 Å². The molecule has 0 saturated heterocycles. The highest BCUT2D eigenvalue weighted by atomic mass is 35.5. The van der Waals surface area contributed by atoms with Crippen LogP contribution < -0.4 is 10.1 Å². The molecular weight excluding hydrogens is 270 g/mol. The van der Waals surface area contributed by atoms with Gasteiger partial charge in [-0.05, 0) is 24.3 Å². The average Bonchev–Trinajstić information content (AvgIpc) is 2.43. The minimum atomic E-state index is -0.575. The van der Waals surface area contributed by atoms with E-state index in [2.05, 4.69) is 5.32 Å². The van der Waals surface area contributed by atoms with E-state index in [1.165, 1.54) is 7.05 Å². The van der Waals surface area contributed by atoms with Crippen molar-refractivity contribution in [1.29, 1.82) is 0 Å². The molecule has 19 heavy (non-hydrogen) atoms. The fraction of sp³-hybridized carbons (Fsp3) is 0.231. The first kappa shape index (κ1) is 13.4. The zero-order chi connectivity index (χ0) is 13.8. The van der Waals surface area contributed by atoms with E-state index in [1.54, 1.807) is 24.3 Å². The number of likely N-dealkylation sites (N-methyl/N-ethyl adjacent to an activating group) is 1. The Balaban J connectivity index is 2.10. The summed E-state index contributed by atoms with van der Waals surface area (Å²) >= 11 is 5.87. The minimum absolute atomic E-state index is 0.112. The smallest absolute Gasteiger partial charge is 0.338 e. The van der Waals surface area contributed by atoms with Gasteiger partial charge in [0.2, 0.25) is 0 Å². The molecule has 0 atom stereocenters. The molecule has 1 aromatic rings. The van der Waals surface area contributed by atoms with Crippen LogP contribution in [0.25, 0.3) is 6.08 Å². The van der Waals surface area contributed by atoms with E-state index in [0.717, 1.165) is 0 Å². The highest BCUT2D eigenvalue weighted by molar-refractivity contribution is 6.30. The highest BCUT2D eigenvalue weighted by Gasteiger charge is 2.19. The minimum Gasteiger partial charge on any atom is -0.488 e. The molecule has 1 aliphatic rings. The Kier molecular flexibility index (Phi) is 4.06. The van der Waals surface area contributed by atoms with E-state index in [0.29, 0.717) is 21.9 Å². The molecular formula is C13H12ClNO4. The normalized spacial score (nSPS) is 12.8.